The van der Waals surface area contributed by atoms with E-state index in [4.69, 9.17) is 9.47 Å². The smallest absolute Gasteiger partial charge is 0.258 e. The molecule has 3 rings (SSSR count). The van der Waals surface area contributed by atoms with Gasteiger partial charge in [-0.25, -0.2) is 21.2 Å². The van der Waals surface area contributed by atoms with Crippen molar-refractivity contribution in [3.8, 4) is 5.75 Å². The number of halogens is 1. The number of amides is 1. The molecule has 11 nitrogen and oxygen atoms in total. The van der Waals surface area contributed by atoms with Gasteiger partial charge in [0, 0.05) is 38.3 Å². The largest absolute Gasteiger partial charge is 0.490 e. The van der Waals surface area contributed by atoms with Crippen molar-refractivity contribution in [2.24, 2.45) is 5.92 Å². The van der Waals surface area contributed by atoms with Gasteiger partial charge in [0.2, 0.25) is 20.0 Å². The number of sulfonamides is 2. The number of fused-ring (bicyclic) bond motifs is 1. The molecule has 240 valence electrons. The SMILES string of the molecule is C[C@@H]1CN([C@H](C)CO)C(=O)c2cc(NS(C)(=O)=O)ccc2O[C@@H](C)CCCCO[C@@H]1CN(C)S(=O)(=O)c1ccc(F)cc1. The maximum Gasteiger partial charge on any atom is 0.258 e. The Hall–Kier alpha value is -2.78. The molecule has 2 N–H and O–H groups in total. The highest BCUT2D eigenvalue weighted by Crippen LogP contribution is 2.29. The maximum atomic E-state index is 14.1. The zero-order valence-electron chi connectivity index (χ0n) is 25.2. The van der Waals surface area contributed by atoms with Gasteiger partial charge in [-0.05, 0) is 75.6 Å². The Labute approximate surface area is 254 Å². The number of hydrogen-bond donors (Lipinski definition) is 2. The van der Waals surface area contributed by atoms with Crippen molar-refractivity contribution in [2.75, 3.05) is 44.3 Å². The monoisotopic (exact) mass is 643 g/mol. The predicted molar refractivity (Wildman–Crippen MR) is 162 cm³/mol. The maximum absolute atomic E-state index is 14.1. The van der Waals surface area contributed by atoms with E-state index in [1.807, 2.05) is 13.8 Å². The van der Waals surface area contributed by atoms with E-state index in [0.29, 0.717) is 19.4 Å². The van der Waals surface area contributed by atoms with E-state index in [9.17, 15) is 31.1 Å². The Balaban J connectivity index is 1.98. The van der Waals surface area contributed by atoms with E-state index >= 15 is 0 Å². The molecule has 0 aromatic heterocycles. The van der Waals surface area contributed by atoms with Gasteiger partial charge in [-0.3, -0.25) is 9.52 Å². The number of likely N-dealkylation sites (N-methyl/N-ethyl adjacent to an activating group) is 1. The van der Waals surface area contributed by atoms with Gasteiger partial charge in [0.05, 0.1) is 41.6 Å². The molecule has 0 saturated heterocycles. The van der Waals surface area contributed by atoms with E-state index in [2.05, 4.69) is 4.72 Å². The number of nitrogens with one attached hydrogen (secondary N) is 1. The molecule has 2 aromatic rings. The number of carbonyl (C=O) groups excluding carboxylic acids is 1. The highest BCUT2D eigenvalue weighted by Gasteiger charge is 2.32. The van der Waals surface area contributed by atoms with Gasteiger partial charge in [0.1, 0.15) is 11.6 Å². The molecule has 0 aliphatic carbocycles. The quantitative estimate of drug-likeness (QED) is 0.446. The van der Waals surface area contributed by atoms with Crippen LogP contribution in [0, 0.1) is 11.7 Å². The third kappa shape index (κ3) is 9.60. The summed E-state index contributed by atoms with van der Waals surface area (Å²) in [5, 5.41) is 10.1. The van der Waals surface area contributed by atoms with E-state index < -0.39 is 49.8 Å². The van der Waals surface area contributed by atoms with Crippen molar-refractivity contribution in [3.05, 3.63) is 53.8 Å². The minimum Gasteiger partial charge on any atom is -0.490 e. The van der Waals surface area contributed by atoms with Gasteiger partial charge >= 0.3 is 0 Å². The van der Waals surface area contributed by atoms with Crippen LogP contribution in [0.4, 0.5) is 10.1 Å². The van der Waals surface area contributed by atoms with Crippen molar-refractivity contribution >= 4 is 31.6 Å². The van der Waals surface area contributed by atoms with E-state index in [1.165, 1.54) is 36.2 Å². The first kappa shape index (κ1) is 34.7. The Kier molecular flexibility index (Phi) is 11.9. The highest BCUT2D eigenvalue weighted by molar-refractivity contribution is 7.92. The molecule has 14 heteroatoms. The fourth-order valence-corrected chi connectivity index (χ4v) is 6.54. The minimum absolute atomic E-state index is 0.0328. The first-order valence-electron chi connectivity index (χ1n) is 14.2. The lowest BCUT2D eigenvalue weighted by Crippen LogP contribution is -2.48. The zero-order valence-corrected chi connectivity index (χ0v) is 26.8. The van der Waals surface area contributed by atoms with Gasteiger partial charge in [-0.1, -0.05) is 6.92 Å². The number of aliphatic hydroxyl groups excluding tert-OH is 1. The Morgan fingerprint density at radius 2 is 1.79 bits per heavy atom. The summed E-state index contributed by atoms with van der Waals surface area (Å²) in [6.45, 7) is 5.45. The van der Waals surface area contributed by atoms with Crippen molar-refractivity contribution in [3.63, 3.8) is 0 Å². The molecule has 1 amide bonds. The van der Waals surface area contributed by atoms with Gasteiger partial charge in [-0.15, -0.1) is 0 Å². The molecule has 0 radical (unpaired) electrons. The van der Waals surface area contributed by atoms with E-state index in [1.54, 1.807) is 13.0 Å². The number of ether oxygens (including phenoxy) is 2. The second-order valence-electron chi connectivity index (χ2n) is 11.1. The molecule has 4 atom stereocenters. The Bertz CT molecular complexity index is 1450. The molecular formula is C29H42FN3O8S2. The molecule has 43 heavy (non-hydrogen) atoms. The molecular weight excluding hydrogens is 601 g/mol. The number of nitrogens with zero attached hydrogens (tertiary/aromatic N) is 2. The van der Waals surface area contributed by atoms with Crippen LogP contribution in [0.3, 0.4) is 0 Å². The van der Waals surface area contributed by atoms with E-state index in [-0.39, 0.29) is 47.7 Å². The van der Waals surface area contributed by atoms with Crippen LogP contribution >= 0.6 is 0 Å². The van der Waals surface area contributed by atoms with Crippen LogP contribution < -0.4 is 9.46 Å². The van der Waals surface area contributed by atoms with Gasteiger partial charge in [-0.2, -0.15) is 4.31 Å². The molecule has 0 fully saturated rings. The number of rotatable bonds is 8. The van der Waals surface area contributed by atoms with Crippen molar-refractivity contribution in [1.82, 2.24) is 9.21 Å². The molecule has 0 bridgehead atoms. The summed E-state index contributed by atoms with van der Waals surface area (Å²) in [5.41, 5.74) is 0.309. The normalized spacial score (nSPS) is 21.9. The lowest BCUT2D eigenvalue weighted by atomic mass is 10.0. The summed E-state index contributed by atoms with van der Waals surface area (Å²) < 4.78 is 79.6. The first-order valence-corrected chi connectivity index (χ1v) is 17.5. The molecule has 0 unspecified atom stereocenters. The summed E-state index contributed by atoms with van der Waals surface area (Å²) >= 11 is 0. The standard InChI is InChI=1S/C29H42FN3O8S2/c1-20-17-33(21(2)19-34)29(35)26-16-24(31-42(5,36)37)11-14-27(26)41-22(3)8-6-7-15-40-28(20)18-32(4)43(38,39)25-12-9-23(30)10-13-25/h9-14,16,20-22,28,31,34H,6-8,15,17-19H2,1-5H3/t20-,21-,22+,28-/m1/s1. The van der Waals surface area contributed by atoms with Crippen molar-refractivity contribution in [1.29, 1.82) is 0 Å². The number of anilines is 1. The lowest BCUT2D eigenvalue weighted by molar-refractivity contribution is -0.00833. The fraction of sp³-hybridized carbons (Fsp3) is 0.552. The lowest BCUT2D eigenvalue weighted by Gasteiger charge is -2.35. The Morgan fingerprint density at radius 3 is 2.42 bits per heavy atom. The number of carbonyl (C=O) groups is 1. The topological polar surface area (TPSA) is 143 Å². The van der Waals surface area contributed by atoms with E-state index in [0.717, 1.165) is 29.1 Å². The second-order valence-corrected chi connectivity index (χ2v) is 14.9. The predicted octanol–water partition coefficient (Wildman–Crippen LogP) is 3.31. The van der Waals surface area contributed by atoms with Crippen LogP contribution in [0.1, 0.15) is 50.4 Å². The van der Waals surface area contributed by atoms with Crippen molar-refractivity contribution < 1.29 is 40.6 Å². The molecule has 1 aliphatic rings. The third-order valence-corrected chi connectivity index (χ3v) is 9.76. The minimum atomic E-state index is -3.96. The molecule has 2 aromatic carbocycles. The summed E-state index contributed by atoms with van der Waals surface area (Å²) in [6, 6.07) is 8.42. The van der Waals surface area contributed by atoms with Gasteiger partial charge < -0.3 is 19.5 Å². The van der Waals surface area contributed by atoms with Crippen LogP contribution in [0.25, 0.3) is 0 Å². The molecule has 1 heterocycles. The average molecular weight is 644 g/mol. The summed E-state index contributed by atoms with van der Waals surface area (Å²) in [5.74, 6) is -1.15. The highest BCUT2D eigenvalue weighted by atomic mass is 32.2. The molecule has 0 spiro atoms. The van der Waals surface area contributed by atoms with Gasteiger partial charge in [0.15, 0.2) is 0 Å². The number of aliphatic hydroxyl groups is 1. The molecule has 1 aliphatic heterocycles. The second kappa shape index (κ2) is 14.8. The number of hydrogen-bond acceptors (Lipinski definition) is 8. The van der Waals surface area contributed by atoms with Crippen LogP contribution in [0.5, 0.6) is 5.75 Å². The first-order chi connectivity index (χ1) is 20.1. The van der Waals surface area contributed by atoms with Crippen LogP contribution in [-0.4, -0.2) is 94.9 Å². The van der Waals surface area contributed by atoms with Crippen LogP contribution in [0.15, 0.2) is 47.4 Å². The average Bonchev–Trinajstić information content (AvgIpc) is 2.93. The summed E-state index contributed by atoms with van der Waals surface area (Å²) in [7, 11) is -6.16. The summed E-state index contributed by atoms with van der Waals surface area (Å²) in [6.07, 6.45) is 2.19. The zero-order chi connectivity index (χ0) is 31.9. The van der Waals surface area contributed by atoms with Crippen LogP contribution in [-0.2, 0) is 24.8 Å². The fourth-order valence-electron chi connectivity index (χ4n) is 4.80. The Morgan fingerprint density at radius 1 is 1.12 bits per heavy atom. The third-order valence-electron chi connectivity index (χ3n) is 7.31. The number of benzene rings is 2. The molecule has 0 saturated carbocycles. The van der Waals surface area contributed by atoms with Crippen LogP contribution in [0.2, 0.25) is 0 Å². The van der Waals surface area contributed by atoms with Gasteiger partial charge in [0.25, 0.3) is 5.91 Å². The summed E-state index contributed by atoms with van der Waals surface area (Å²) in [4.78, 5) is 15.5. The van der Waals surface area contributed by atoms with Crippen molar-refractivity contribution in [2.45, 2.75) is 63.2 Å².